The van der Waals surface area contributed by atoms with Gasteiger partial charge in [0.2, 0.25) is 0 Å². The maximum absolute atomic E-state index is 12.6. The van der Waals surface area contributed by atoms with Crippen molar-refractivity contribution >= 4 is 16.9 Å². The SMILES string of the molecule is CC.Cc1cc(C(=O)N2CCOCC2)c2c(c1)ncn2C. The maximum atomic E-state index is 12.6. The Morgan fingerprint density at radius 1 is 1.24 bits per heavy atom. The second kappa shape index (κ2) is 6.72. The number of benzene rings is 1. The minimum atomic E-state index is 0.0700. The Morgan fingerprint density at radius 2 is 1.90 bits per heavy atom. The lowest BCUT2D eigenvalue weighted by Gasteiger charge is -2.27. The first-order chi connectivity index (χ1) is 10.2. The molecule has 114 valence electrons. The average Bonchev–Trinajstić information content (AvgIpc) is 2.90. The lowest BCUT2D eigenvalue weighted by molar-refractivity contribution is 0.0304. The number of rotatable bonds is 1. The van der Waals surface area contributed by atoms with Crippen LogP contribution in [-0.2, 0) is 11.8 Å². The van der Waals surface area contributed by atoms with Gasteiger partial charge >= 0.3 is 0 Å². The van der Waals surface area contributed by atoms with E-state index in [9.17, 15) is 4.79 Å². The van der Waals surface area contributed by atoms with Gasteiger partial charge in [-0.15, -0.1) is 0 Å². The van der Waals surface area contributed by atoms with Crippen molar-refractivity contribution in [2.45, 2.75) is 20.8 Å². The number of imidazole rings is 1. The van der Waals surface area contributed by atoms with Crippen LogP contribution in [0, 0.1) is 6.92 Å². The van der Waals surface area contributed by atoms with Gasteiger partial charge in [0.1, 0.15) is 0 Å². The van der Waals surface area contributed by atoms with Crippen molar-refractivity contribution < 1.29 is 9.53 Å². The predicted octanol–water partition coefficient (Wildman–Crippen LogP) is 2.38. The van der Waals surface area contributed by atoms with Crippen molar-refractivity contribution in [3.8, 4) is 0 Å². The van der Waals surface area contributed by atoms with Gasteiger partial charge < -0.3 is 14.2 Å². The lowest BCUT2D eigenvalue weighted by atomic mass is 10.1. The molecule has 21 heavy (non-hydrogen) atoms. The summed E-state index contributed by atoms with van der Waals surface area (Å²) in [5.41, 5.74) is 3.57. The van der Waals surface area contributed by atoms with E-state index in [4.69, 9.17) is 4.74 Å². The van der Waals surface area contributed by atoms with Gasteiger partial charge in [0.15, 0.2) is 0 Å². The highest BCUT2D eigenvalue weighted by Crippen LogP contribution is 2.21. The van der Waals surface area contributed by atoms with Gasteiger partial charge in [-0.3, -0.25) is 4.79 Å². The number of aromatic nitrogens is 2. The summed E-state index contributed by atoms with van der Waals surface area (Å²) in [6.07, 6.45) is 1.75. The van der Waals surface area contributed by atoms with Crippen LogP contribution in [0.15, 0.2) is 18.5 Å². The molecule has 1 aliphatic heterocycles. The summed E-state index contributed by atoms with van der Waals surface area (Å²) >= 11 is 0. The van der Waals surface area contributed by atoms with E-state index in [2.05, 4.69) is 4.98 Å². The van der Waals surface area contributed by atoms with Crippen LogP contribution in [0.5, 0.6) is 0 Å². The molecule has 1 saturated heterocycles. The Balaban J connectivity index is 0.000000774. The van der Waals surface area contributed by atoms with E-state index < -0.39 is 0 Å². The minimum absolute atomic E-state index is 0.0700. The first-order valence-electron chi connectivity index (χ1n) is 7.45. The number of amides is 1. The first-order valence-corrected chi connectivity index (χ1v) is 7.45. The third kappa shape index (κ3) is 3.08. The third-order valence-corrected chi connectivity index (χ3v) is 3.49. The monoisotopic (exact) mass is 289 g/mol. The van der Waals surface area contributed by atoms with Crippen LogP contribution in [0.4, 0.5) is 0 Å². The molecule has 2 aromatic rings. The van der Waals surface area contributed by atoms with Crippen molar-refractivity contribution in [2.24, 2.45) is 7.05 Å². The topological polar surface area (TPSA) is 47.4 Å². The predicted molar refractivity (Wildman–Crippen MR) is 83.5 cm³/mol. The summed E-state index contributed by atoms with van der Waals surface area (Å²) in [5, 5.41) is 0. The molecule has 0 aliphatic carbocycles. The fraction of sp³-hybridized carbons (Fsp3) is 0.500. The molecule has 1 amide bonds. The van der Waals surface area contributed by atoms with E-state index in [1.807, 2.05) is 49.4 Å². The zero-order valence-electron chi connectivity index (χ0n) is 13.2. The van der Waals surface area contributed by atoms with Crippen LogP contribution in [0.2, 0.25) is 0 Å². The summed E-state index contributed by atoms with van der Waals surface area (Å²) in [7, 11) is 1.92. The highest BCUT2D eigenvalue weighted by Gasteiger charge is 2.22. The number of fused-ring (bicyclic) bond motifs is 1. The van der Waals surface area contributed by atoms with Crippen LogP contribution in [0.3, 0.4) is 0 Å². The number of hydrogen-bond acceptors (Lipinski definition) is 3. The Morgan fingerprint density at radius 3 is 2.57 bits per heavy atom. The van der Waals surface area contributed by atoms with Crippen molar-refractivity contribution in [1.82, 2.24) is 14.5 Å². The van der Waals surface area contributed by atoms with E-state index in [-0.39, 0.29) is 5.91 Å². The molecule has 0 atom stereocenters. The lowest BCUT2D eigenvalue weighted by Crippen LogP contribution is -2.40. The summed E-state index contributed by atoms with van der Waals surface area (Å²) in [5.74, 6) is 0.0700. The summed E-state index contributed by atoms with van der Waals surface area (Å²) in [4.78, 5) is 18.8. The van der Waals surface area contributed by atoms with Gasteiger partial charge in [-0.05, 0) is 24.6 Å². The zero-order valence-corrected chi connectivity index (χ0v) is 13.2. The molecule has 3 rings (SSSR count). The Hall–Kier alpha value is -1.88. The highest BCUT2D eigenvalue weighted by molar-refractivity contribution is 6.05. The second-order valence-corrected chi connectivity index (χ2v) is 4.94. The molecule has 0 N–H and O–H groups in total. The fourth-order valence-corrected chi connectivity index (χ4v) is 2.54. The van der Waals surface area contributed by atoms with E-state index in [0.29, 0.717) is 26.3 Å². The minimum Gasteiger partial charge on any atom is -0.378 e. The molecule has 0 unspecified atom stereocenters. The van der Waals surface area contributed by atoms with Crippen LogP contribution in [-0.4, -0.2) is 46.7 Å². The van der Waals surface area contributed by atoms with Crippen molar-refractivity contribution in [2.75, 3.05) is 26.3 Å². The van der Waals surface area contributed by atoms with Gasteiger partial charge in [0, 0.05) is 20.1 Å². The average molecular weight is 289 g/mol. The Kier molecular flexibility index (Phi) is 4.96. The number of carbonyl (C=O) groups is 1. The quantitative estimate of drug-likeness (QED) is 0.810. The molecule has 5 nitrogen and oxygen atoms in total. The van der Waals surface area contributed by atoms with Crippen molar-refractivity contribution in [3.63, 3.8) is 0 Å². The molecular formula is C16H23N3O2. The summed E-state index contributed by atoms with van der Waals surface area (Å²) in [6.45, 7) is 8.54. The second-order valence-electron chi connectivity index (χ2n) is 4.94. The highest BCUT2D eigenvalue weighted by atomic mass is 16.5. The molecule has 0 radical (unpaired) electrons. The van der Waals surface area contributed by atoms with Gasteiger partial charge in [-0.25, -0.2) is 4.98 Å². The van der Waals surface area contributed by atoms with E-state index in [1.54, 1.807) is 6.33 Å². The van der Waals surface area contributed by atoms with E-state index in [0.717, 1.165) is 22.2 Å². The van der Waals surface area contributed by atoms with Crippen molar-refractivity contribution in [3.05, 3.63) is 29.6 Å². The Labute approximate surface area is 125 Å². The van der Waals surface area contributed by atoms with Gasteiger partial charge in [-0.2, -0.15) is 0 Å². The standard InChI is InChI=1S/C14H17N3O2.C2H6/c1-10-7-11(13-12(8-10)15-9-16(13)2)14(18)17-3-5-19-6-4-17;1-2/h7-9H,3-6H2,1-2H3;1-2H3. The molecule has 0 saturated carbocycles. The molecule has 1 fully saturated rings. The van der Waals surface area contributed by atoms with Crippen molar-refractivity contribution in [1.29, 1.82) is 0 Å². The van der Waals surface area contributed by atoms with Crippen LogP contribution in [0.1, 0.15) is 29.8 Å². The molecule has 0 spiro atoms. The third-order valence-electron chi connectivity index (χ3n) is 3.49. The number of morpholine rings is 1. The fourth-order valence-electron chi connectivity index (χ4n) is 2.54. The van der Waals surface area contributed by atoms with Crippen LogP contribution < -0.4 is 0 Å². The number of aryl methyl sites for hydroxylation is 2. The summed E-state index contributed by atoms with van der Waals surface area (Å²) in [6, 6.07) is 3.95. The largest absolute Gasteiger partial charge is 0.378 e. The molecule has 2 heterocycles. The molecule has 1 aromatic heterocycles. The molecule has 1 aliphatic rings. The smallest absolute Gasteiger partial charge is 0.256 e. The number of carbonyl (C=O) groups excluding carboxylic acids is 1. The van der Waals surface area contributed by atoms with Crippen LogP contribution in [0.25, 0.3) is 11.0 Å². The molecular weight excluding hydrogens is 266 g/mol. The number of nitrogens with zero attached hydrogens (tertiary/aromatic N) is 3. The molecule has 1 aromatic carbocycles. The number of ether oxygens (including phenoxy) is 1. The zero-order chi connectivity index (χ0) is 15.4. The first kappa shape index (κ1) is 15.5. The van der Waals surface area contributed by atoms with E-state index in [1.165, 1.54) is 0 Å². The molecule has 0 bridgehead atoms. The van der Waals surface area contributed by atoms with E-state index >= 15 is 0 Å². The maximum Gasteiger partial charge on any atom is 0.256 e. The normalized spacial score (nSPS) is 14.8. The van der Waals surface area contributed by atoms with Crippen LogP contribution >= 0.6 is 0 Å². The summed E-state index contributed by atoms with van der Waals surface area (Å²) < 4.78 is 7.20. The molecule has 5 heteroatoms. The number of hydrogen-bond donors (Lipinski definition) is 0. The van der Waals surface area contributed by atoms with Gasteiger partial charge in [-0.1, -0.05) is 13.8 Å². The van der Waals surface area contributed by atoms with Gasteiger partial charge in [0.25, 0.3) is 5.91 Å². The Bertz CT molecular complexity index is 628. The van der Waals surface area contributed by atoms with Gasteiger partial charge in [0.05, 0.1) is 36.1 Å².